The Morgan fingerprint density at radius 3 is 2.50 bits per heavy atom. The first-order chi connectivity index (χ1) is 12.7. The summed E-state index contributed by atoms with van der Waals surface area (Å²) in [6.07, 6.45) is 0.775. The van der Waals surface area contributed by atoms with Gasteiger partial charge in [-0.05, 0) is 42.3 Å². The quantitative estimate of drug-likeness (QED) is 0.691. The SMILES string of the molecule is Clc1cc(Cl)cc(-c2nnc(NCCc3ccc4c(c3)OCCO4)o2)c1. The first kappa shape index (κ1) is 17.0. The van der Waals surface area contributed by atoms with E-state index in [0.717, 1.165) is 23.5 Å². The standard InChI is InChI=1S/C18H15Cl2N3O3/c19-13-8-12(9-14(20)10-13)17-22-23-18(26-17)21-4-3-11-1-2-15-16(7-11)25-6-5-24-15/h1-2,7-10H,3-6H2,(H,21,23). The lowest BCUT2D eigenvalue weighted by Gasteiger charge is -2.18. The summed E-state index contributed by atoms with van der Waals surface area (Å²) in [5, 5.41) is 12.2. The second-order valence-corrected chi connectivity index (χ2v) is 6.60. The fraction of sp³-hybridized carbons (Fsp3) is 0.222. The lowest BCUT2D eigenvalue weighted by Crippen LogP contribution is -2.15. The molecular weight excluding hydrogens is 377 g/mol. The van der Waals surface area contributed by atoms with E-state index in [1.165, 1.54) is 0 Å². The largest absolute Gasteiger partial charge is 0.486 e. The zero-order valence-electron chi connectivity index (χ0n) is 13.7. The molecular formula is C18H15Cl2N3O3. The fourth-order valence-corrected chi connectivity index (χ4v) is 3.17. The number of aromatic nitrogens is 2. The minimum absolute atomic E-state index is 0.341. The second-order valence-electron chi connectivity index (χ2n) is 5.73. The molecule has 4 rings (SSSR count). The topological polar surface area (TPSA) is 69.4 Å². The predicted octanol–water partition coefficient (Wildman–Crippen LogP) is 4.47. The molecule has 1 aromatic heterocycles. The van der Waals surface area contributed by atoms with Crippen LogP contribution in [0.3, 0.4) is 0 Å². The Hall–Kier alpha value is -2.44. The van der Waals surface area contributed by atoms with Crippen LogP contribution in [0, 0.1) is 0 Å². The molecule has 0 bridgehead atoms. The summed E-state index contributed by atoms with van der Waals surface area (Å²) in [5.41, 5.74) is 1.80. The molecule has 26 heavy (non-hydrogen) atoms. The van der Waals surface area contributed by atoms with Crippen LogP contribution in [0.25, 0.3) is 11.5 Å². The van der Waals surface area contributed by atoms with E-state index in [9.17, 15) is 0 Å². The molecule has 0 amide bonds. The Kier molecular flexibility index (Phi) is 4.86. The number of halogens is 2. The van der Waals surface area contributed by atoms with Gasteiger partial charge in [-0.3, -0.25) is 0 Å². The van der Waals surface area contributed by atoms with Gasteiger partial charge in [0.15, 0.2) is 11.5 Å². The Morgan fingerprint density at radius 1 is 0.923 bits per heavy atom. The van der Waals surface area contributed by atoms with Gasteiger partial charge in [0, 0.05) is 22.2 Å². The highest BCUT2D eigenvalue weighted by Gasteiger charge is 2.12. The molecule has 1 N–H and O–H groups in total. The first-order valence-electron chi connectivity index (χ1n) is 8.10. The third-order valence-corrected chi connectivity index (χ3v) is 4.27. The number of anilines is 1. The first-order valence-corrected chi connectivity index (χ1v) is 8.85. The van der Waals surface area contributed by atoms with Crippen molar-refractivity contribution in [3.63, 3.8) is 0 Å². The maximum Gasteiger partial charge on any atom is 0.315 e. The molecule has 0 saturated carbocycles. The van der Waals surface area contributed by atoms with E-state index in [2.05, 4.69) is 15.5 Å². The number of ether oxygens (including phenoxy) is 2. The van der Waals surface area contributed by atoms with Crippen molar-refractivity contribution in [1.29, 1.82) is 0 Å². The maximum atomic E-state index is 6.00. The van der Waals surface area contributed by atoms with Gasteiger partial charge >= 0.3 is 6.01 Å². The zero-order chi connectivity index (χ0) is 17.9. The molecule has 8 heteroatoms. The summed E-state index contributed by atoms with van der Waals surface area (Å²) in [6, 6.07) is 11.4. The third-order valence-electron chi connectivity index (χ3n) is 3.83. The molecule has 0 atom stereocenters. The number of benzene rings is 2. The Bertz CT molecular complexity index is 910. The highest BCUT2D eigenvalue weighted by atomic mass is 35.5. The summed E-state index contributed by atoms with van der Waals surface area (Å²) >= 11 is 12.0. The fourth-order valence-electron chi connectivity index (χ4n) is 2.65. The summed E-state index contributed by atoms with van der Waals surface area (Å²) in [7, 11) is 0. The van der Waals surface area contributed by atoms with Crippen molar-refractivity contribution in [1.82, 2.24) is 10.2 Å². The highest BCUT2D eigenvalue weighted by molar-refractivity contribution is 6.35. The third kappa shape index (κ3) is 3.86. The average molecular weight is 392 g/mol. The predicted molar refractivity (Wildman–Crippen MR) is 99.4 cm³/mol. The van der Waals surface area contributed by atoms with Gasteiger partial charge in [0.1, 0.15) is 13.2 Å². The van der Waals surface area contributed by atoms with Crippen LogP contribution in [0.4, 0.5) is 6.01 Å². The summed E-state index contributed by atoms with van der Waals surface area (Å²) in [6.45, 7) is 1.80. The minimum Gasteiger partial charge on any atom is -0.486 e. The molecule has 0 saturated heterocycles. The van der Waals surface area contributed by atoms with Crippen LogP contribution >= 0.6 is 23.2 Å². The van der Waals surface area contributed by atoms with Crippen molar-refractivity contribution >= 4 is 29.2 Å². The number of hydrogen-bond acceptors (Lipinski definition) is 6. The second kappa shape index (κ2) is 7.43. The maximum absolute atomic E-state index is 6.00. The van der Waals surface area contributed by atoms with Crippen molar-refractivity contribution in [2.45, 2.75) is 6.42 Å². The van der Waals surface area contributed by atoms with E-state index in [1.54, 1.807) is 18.2 Å². The summed E-state index contributed by atoms with van der Waals surface area (Å²) in [5.74, 6) is 1.93. The van der Waals surface area contributed by atoms with Crippen LogP contribution in [-0.4, -0.2) is 30.0 Å². The minimum atomic E-state index is 0.341. The van der Waals surface area contributed by atoms with E-state index in [0.29, 0.717) is 47.3 Å². The lowest BCUT2D eigenvalue weighted by molar-refractivity contribution is 0.171. The van der Waals surface area contributed by atoms with Crippen molar-refractivity contribution in [3.05, 3.63) is 52.0 Å². The van der Waals surface area contributed by atoms with Crippen LogP contribution in [0.5, 0.6) is 11.5 Å². The van der Waals surface area contributed by atoms with Crippen LogP contribution in [0.2, 0.25) is 10.0 Å². The molecule has 0 unspecified atom stereocenters. The van der Waals surface area contributed by atoms with Crippen molar-refractivity contribution in [2.75, 3.05) is 25.1 Å². The molecule has 6 nitrogen and oxygen atoms in total. The van der Waals surface area contributed by atoms with Gasteiger partial charge in [0.25, 0.3) is 0 Å². The average Bonchev–Trinajstić information content (AvgIpc) is 3.10. The summed E-state index contributed by atoms with van der Waals surface area (Å²) in [4.78, 5) is 0. The van der Waals surface area contributed by atoms with Gasteiger partial charge < -0.3 is 19.2 Å². The normalized spacial score (nSPS) is 12.8. The Balaban J connectivity index is 1.38. The molecule has 1 aliphatic rings. The molecule has 0 fully saturated rings. The molecule has 2 heterocycles. The van der Waals surface area contributed by atoms with E-state index in [1.807, 2.05) is 18.2 Å². The van der Waals surface area contributed by atoms with Crippen molar-refractivity contribution in [3.8, 4) is 23.0 Å². The van der Waals surface area contributed by atoms with E-state index in [4.69, 9.17) is 37.1 Å². The van der Waals surface area contributed by atoms with Gasteiger partial charge in [-0.2, -0.15) is 0 Å². The van der Waals surface area contributed by atoms with Crippen molar-refractivity contribution in [2.24, 2.45) is 0 Å². The lowest BCUT2D eigenvalue weighted by atomic mass is 10.1. The number of fused-ring (bicyclic) bond motifs is 1. The number of nitrogens with one attached hydrogen (secondary N) is 1. The zero-order valence-corrected chi connectivity index (χ0v) is 15.2. The molecule has 134 valence electrons. The van der Waals surface area contributed by atoms with Gasteiger partial charge in [-0.1, -0.05) is 34.4 Å². The van der Waals surface area contributed by atoms with Gasteiger partial charge in [-0.15, -0.1) is 5.10 Å². The number of nitrogens with zero attached hydrogens (tertiary/aromatic N) is 2. The van der Waals surface area contributed by atoms with Crippen LogP contribution in [0.15, 0.2) is 40.8 Å². The van der Waals surface area contributed by atoms with E-state index < -0.39 is 0 Å². The Morgan fingerprint density at radius 2 is 1.69 bits per heavy atom. The van der Waals surface area contributed by atoms with Gasteiger partial charge in [0.2, 0.25) is 5.89 Å². The van der Waals surface area contributed by atoms with E-state index in [-0.39, 0.29) is 0 Å². The molecule has 0 spiro atoms. The van der Waals surface area contributed by atoms with E-state index >= 15 is 0 Å². The molecule has 3 aromatic rings. The van der Waals surface area contributed by atoms with Gasteiger partial charge in [0.05, 0.1) is 0 Å². The number of hydrogen-bond donors (Lipinski definition) is 1. The number of rotatable bonds is 5. The molecule has 2 aromatic carbocycles. The van der Waals surface area contributed by atoms with Crippen LogP contribution in [0.1, 0.15) is 5.56 Å². The monoisotopic (exact) mass is 391 g/mol. The van der Waals surface area contributed by atoms with Crippen molar-refractivity contribution < 1.29 is 13.9 Å². The van der Waals surface area contributed by atoms with Gasteiger partial charge in [-0.25, -0.2) is 0 Å². The molecule has 0 radical (unpaired) electrons. The Labute approximate surface area is 160 Å². The smallest absolute Gasteiger partial charge is 0.315 e. The molecule has 0 aliphatic carbocycles. The van der Waals surface area contributed by atoms with Crippen LogP contribution in [-0.2, 0) is 6.42 Å². The summed E-state index contributed by atoms with van der Waals surface area (Å²) < 4.78 is 16.7. The highest BCUT2D eigenvalue weighted by Crippen LogP contribution is 2.31. The van der Waals surface area contributed by atoms with Crippen LogP contribution < -0.4 is 14.8 Å². The molecule has 1 aliphatic heterocycles.